The predicted molar refractivity (Wildman–Crippen MR) is 57.3 cm³/mol. The molecule has 0 amide bonds. The third-order valence-corrected chi connectivity index (χ3v) is 2.94. The van der Waals surface area contributed by atoms with Gasteiger partial charge < -0.3 is 10.2 Å². The zero-order valence-electron chi connectivity index (χ0n) is 8.85. The Bertz CT molecular complexity index is 379. The van der Waals surface area contributed by atoms with Crippen molar-refractivity contribution in [1.29, 1.82) is 0 Å². The van der Waals surface area contributed by atoms with Gasteiger partial charge in [0.1, 0.15) is 5.82 Å². The van der Waals surface area contributed by atoms with Gasteiger partial charge in [-0.3, -0.25) is 0 Å². The molecule has 0 radical (unpaired) electrons. The highest BCUT2D eigenvalue weighted by Crippen LogP contribution is 2.32. The van der Waals surface area contributed by atoms with Crippen LogP contribution in [0.5, 0.6) is 0 Å². The number of nitrogens with zero attached hydrogens (tertiary/aromatic N) is 1. The van der Waals surface area contributed by atoms with Crippen LogP contribution in [0.1, 0.15) is 13.3 Å². The molecule has 4 heteroatoms. The summed E-state index contributed by atoms with van der Waals surface area (Å²) < 4.78 is 26.6. The van der Waals surface area contributed by atoms with Gasteiger partial charge in [0, 0.05) is 25.7 Å². The van der Waals surface area contributed by atoms with Gasteiger partial charge in [-0.15, -0.1) is 0 Å². The zero-order valence-corrected chi connectivity index (χ0v) is 8.85. The largest absolute Gasteiger partial charge is 0.381 e. The third kappa shape index (κ3) is 1.76. The van der Waals surface area contributed by atoms with Gasteiger partial charge in [-0.1, -0.05) is 0 Å². The molecule has 0 saturated carbocycles. The van der Waals surface area contributed by atoms with Gasteiger partial charge in [-0.25, -0.2) is 8.78 Å². The van der Waals surface area contributed by atoms with Crippen LogP contribution in [0, 0.1) is 11.6 Å². The molecule has 1 aliphatic rings. The molecule has 1 aromatic carbocycles. The van der Waals surface area contributed by atoms with Crippen LogP contribution >= 0.6 is 0 Å². The van der Waals surface area contributed by atoms with Crippen LogP contribution in [-0.4, -0.2) is 19.6 Å². The van der Waals surface area contributed by atoms with E-state index in [0.717, 1.165) is 12.5 Å². The molecule has 0 aromatic heterocycles. The van der Waals surface area contributed by atoms with E-state index in [1.165, 1.54) is 6.07 Å². The first-order chi connectivity index (χ1) is 7.09. The first-order valence-electron chi connectivity index (χ1n) is 5.05. The third-order valence-electron chi connectivity index (χ3n) is 2.94. The summed E-state index contributed by atoms with van der Waals surface area (Å²) in [7, 11) is 1.86. The van der Waals surface area contributed by atoms with Crippen molar-refractivity contribution in [3.05, 3.63) is 23.8 Å². The zero-order chi connectivity index (χ0) is 11.0. The number of fused-ring (bicyclic) bond motifs is 1. The van der Waals surface area contributed by atoms with Gasteiger partial charge in [0.2, 0.25) is 0 Å². The van der Waals surface area contributed by atoms with Crippen molar-refractivity contribution in [1.82, 2.24) is 0 Å². The summed E-state index contributed by atoms with van der Waals surface area (Å²) in [6, 6.07) is 2.56. The lowest BCUT2D eigenvalue weighted by Gasteiger charge is -2.25. The SMILES string of the molecule is CC1CCNc2c(F)cc(F)cc2N1C. The second-order valence-electron chi connectivity index (χ2n) is 3.96. The fourth-order valence-corrected chi connectivity index (χ4v) is 1.85. The molecule has 1 heterocycles. The molecular weight excluding hydrogens is 198 g/mol. The Morgan fingerprint density at radius 1 is 1.40 bits per heavy atom. The number of nitrogens with one attached hydrogen (secondary N) is 1. The summed E-state index contributed by atoms with van der Waals surface area (Å²) in [4.78, 5) is 1.90. The molecule has 0 fully saturated rings. The average molecular weight is 212 g/mol. The number of hydrogen-bond acceptors (Lipinski definition) is 2. The summed E-state index contributed by atoms with van der Waals surface area (Å²) in [5.41, 5.74) is 1.00. The van der Waals surface area contributed by atoms with Crippen molar-refractivity contribution < 1.29 is 8.78 Å². The number of rotatable bonds is 0. The van der Waals surface area contributed by atoms with E-state index in [9.17, 15) is 8.78 Å². The number of benzene rings is 1. The lowest BCUT2D eigenvalue weighted by atomic mass is 10.2. The van der Waals surface area contributed by atoms with Crippen LogP contribution in [-0.2, 0) is 0 Å². The van der Waals surface area contributed by atoms with Crippen molar-refractivity contribution in [3.8, 4) is 0 Å². The monoisotopic (exact) mass is 212 g/mol. The maximum atomic E-state index is 13.5. The van der Waals surface area contributed by atoms with Crippen molar-refractivity contribution in [2.24, 2.45) is 0 Å². The normalized spacial score (nSPS) is 20.5. The number of hydrogen-bond donors (Lipinski definition) is 1. The molecule has 0 spiro atoms. The van der Waals surface area contributed by atoms with Crippen LogP contribution in [0.4, 0.5) is 20.2 Å². The van der Waals surface area contributed by atoms with Gasteiger partial charge >= 0.3 is 0 Å². The molecule has 0 saturated heterocycles. The first-order valence-corrected chi connectivity index (χ1v) is 5.05. The minimum atomic E-state index is -0.533. The van der Waals surface area contributed by atoms with Crippen LogP contribution in [0.15, 0.2) is 12.1 Å². The fraction of sp³-hybridized carbons (Fsp3) is 0.455. The average Bonchev–Trinajstić information content (AvgIpc) is 2.30. The summed E-state index contributed by atoms with van der Waals surface area (Å²) in [6.07, 6.45) is 0.909. The molecule has 0 bridgehead atoms. The van der Waals surface area contributed by atoms with Gasteiger partial charge in [0.25, 0.3) is 0 Å². The predicted octanol–water partition coefficient (Wildman–Crippen LogP) is 2.61. The molecule has 2 nitrogen and oxygen atoms in total. The van der Waals surface area contributed by atoms with E-state index in [4.69, 9.17) is 0 Å². The molecular formula is C11H14F2N2. The lowest BCUT2D eigenvalue weighted by molar-refractivity contribution is 0.584. The van der Waals surface area contributed by atoms with Crippen molar-refractivity contribution in [2.75, 3.05) is 23.8 Å². The Kier molecular flexibility index (Phi) is 2.50. The van der Waals surface area contributed by atoms with Crippen molar-refractivity contribution in [2.45, 2.75) is 19.4 Å². The molecule has 82 valence electrons. The molecule has 1 N–H and O–H groups in total. The van der Waals surface area contributed by atoms with Gasteiger partial charge in [-0.2, -0.15) is 0 Å². The molecule has 15 heavy (non-hydrogen) atoms. The quantitative estimate of drug-likeness (QED) is 0.711. The van der Waals surface area contributed by atoms with Crippen molar-refractivity contribution in [3.63, 3.8) is 0 Å². The summed E-state index contributed by atoms with van der Waals surface area (Å²) in [5.74, 6) is -1.06. The van der Waals surface area contributed by atoms with Crippen molar-refractivity contribution >= 4 is 11.4 Å². The summed E-state index contributed by atoms with van der Waals surface area (Å²) >= 11 is 0. The molecule has 1 aromatic rings. The second kappa shape index (κ2) is 3.68. The second-order valence-corrected chi connectivity index (χ2v) is 3.96. The molecule has 0 aliphatic carbocycles. The lowest BCUT2D eigenvalue weighted by Crippen LogP contribution is -2.28. The van der Waals surface area contributed by atoms with Gasteiger partial charge in [0.15, 0.2) is 5.82 Å². The topological polar surface area (TPSA) is 15.3 Å². The Balaban J connectivity index is 2.53. The maximum Gasteiger partial charge on any atom is 0.151 e. The van der Waals surface area contributed by atoms with E-state index >= 15 is 0 Å². The fourth-order valence-electron chi connectivity index (χ4n) is 1.85. The maximum absolute atomic E-state index is 13.5. The standard InChI is InChI=1S/C11H14F2N2/c1-7-3-4-14-11-9(13)5-8(12)6-10(11)15(7)2/h5-7,14H,3-4H2,1-2H3. The highest BCUT2D eigenvalue weighted by molar-refractivity contribution is 5.71. The van der Waals surface area contributed by atoms with E-state index in [0.29, 0.717) is 17.9 Å². The Labute approximate surface area is 87.9 Å². The molecule has 1 atom stereocenters. The summed E-state index contributed by atoms with van der Waals surface area (Å²) in [5, 5.41) is 3.00. The Hall–Kier alpha value is -1.32. The van der Waals surface area contributed by atoms with E-state index in [2.05, 4.69) is 5.32 Å². The Morgan fingerprint density at radius 3 is 2.87 bits per heavy atom. The highest BCUT2D eigenvalue weighted by Gasteiger charge is 2.21. The molecule has 1 aliphatic heterocycles. The molecule has 2 rings (SSSR count). The minimum absolute atomic E-state index is 0.278. The van der Waals surface area contributed by atoms with E-state index in [1.807, 2.05) is 18.9 Å². The summed E-state index contributed by atoms with van der Waals surface area (Å²) in [6.45, 7) is 2.75. The van der Waals surface area contributed by atoms with Crippen LogP contribution in [0.2, 0.25) is 0 Å². The minimum Gasteiger partial charge on any atom is -0.381 e. The van der Waals surface area contributed by atoms with E-state index in [-0.39, 0.29) is 6.04 Å². The number of halogens is 2. The number of anilines is 2. The Morgan fingerprint density at radius 2 is 2.13 bits per heavy atom. The molecule has 1 unspecified atom stereocenters. The first kappa shape index (κ1) is 10.2. The van der Waals surface area contributed by atoms with E-state index in [1.54, 1.807) is 0 Å². The highest BCUT2D eigenvalue weighted by atomic mass is 19.1. The van der Waals surface area contributed by atoms with Crippen LogP contribution < -0.4 is 10.2 Å². The smallest absolute Gasteiger partial charge is 0.151 e. The van der Waals surface area contributed by atoms with Crippen LogP contribution in [0.3, 0.4) is 0 Å². The van der Waals surface area contributed by atoms with Crippen LogP contribution in [0.25, 0.3) is 0 Å². The van der Waals surface area contributed by atoms with Gasteiger partial charge in [-0.05, 0) is 19.4 Å². The van der Waals surface area contributed by atoms with Gasteiger partial charge in [0.05, 0.1) is 11.4 Å². The van der Waals surface area contributed by atoms with E-state index < -0.39 is 11.6 Å².